The zero-order valence-electron chi connectivity index (χ0n) is 10.9. The summed E-state index contributed by atoms with van der Waals surface area (Å²) in [6.07, 6.45) is 1.15. The fraction of sp³-hybridized carbons (Fsp3) is 0.727. The van der Waals surface area contributed by atoms with Gasteiger partial charge < -0.3 is 4.74 Å². The fourth-order valence-corrected chi connectivity index (χ4v) is 3.04. The van der Waals surface area contributed by atoms with Gasteiger partial charge in [-0.1, -0.05) is 67.2 Å². The van der Waals surface area contributed by atoms with Crippen LogP contribution in [0, 0.1) is 5.41 Å². The Kier molecular flexibility index (Phi) is 5.58. The normalized spacial score (nSPS) is 21.1. The van der Waals surface area contributed by atoms with Gasteiger partial charge in [-0.25, -0.2) is 13.3 Å². The van der Waals surface area contributed by atoms with Gasteiger partial charge in [-0.15, -0.1) is 0 Å². The molecule has 0 saturated heterocycles. The molecule has 0 bridgehead atoms. The molecular formula is C11H16Cl3NO3S. The first-order valence-electron chi connectivity index (χ1n) is 5.60. The Labute approximate surface area is 130 Å². The molecule has 0 aromatic carbocycles. The predicted molar refractivity (Wildman–Crippen MR) is 78.9 cm³/mol. The Hall–Kier alpha value is 0.0300. The number of hydrogen-bond acceptors (Lipinski definition) is 3. The van der Waals surface area contributed by atoms with Crippen LogP contribution >= 0.6 is 34.8 Å². The third kappa shape index (κ3) is 5.50. The number of alkyl halides is 3. The lowest BCUT2D eigenvalue weighted by Crippen LogP contribution is -2.40. The predicted octanol–water partition coefficient (Wildman–Crippen LogP) is 3.45. The number of rotatable bonds is 1. The van der Waals surface area contributed by atoms with Crippen LogP contribution in [0.1, 0.15) is 20.8 Å². The standard InChI is InChI=1S/C11H16Cl3NO3S/c1-10(2,3)8-4-5-15(19(17)6-8)9(16)18-7-11(12,13)14/h4H,5-7H2,1-3H3. The molecule has 19 heavy (non-hydrogen) atoms. The van der Waals surface area contributed by atoms with Crippen molar-refractivity contribution in [3.63, 3.8) is 0 Å². The highest BCUT2D eigenvalue weighted by Crippen LogP contribution is 2.29. The summed E-state index contributed by atoms with van der Waals surface area (Å²) in [4.78, 5) is 11.7. The van der Waals surface area contributed by atoms with E-state index in [1.54, 1.807) is 0 Å². The monoisotopic (exact) mass is 347 g/mol. The van der Waals surface area contributed by atoms with Gasteiger partial charge in [0.25, 0.3) is 0 Å². The topological polar surface area (TPSA) is 46.6 Å². The molecule has 1 amide bonds. The third-order valence-electron chi connectivity index (χ3n) is 2.55. The Bertz CT molecular complexity index is 412. The van der Waals surface area contributed by atoms with E-state index in [2.05, 4.69) is 0 Å². The van der Waals surface area contributed by atoms with Crippen LogP contribution in [0.2, 0.25) is 0 Å². The second-order valence-electron chi connectivity index (χ2n) is 5.18. The zero-order valence-corrected chi connectivity index (χ0v) is 14.0. The molecular weight excluding hydrogens is 333 g/mol. The lowest BCUT2D eigenvalue weighted by Gasteiger charge is -2.30. The van der Waals surface area contributed by atoms with Gasteiger partial charge in [-0.3, -0.25) is 0 Å². The van der Waals surface area contributed by atoms with Gasteiger partial charge in [-0.05, 0) is 5.41 Å². The molecule has 0 radical (unpaired) electrons. The molecule has 1 heterocycles. The Morgan fingerprint density at radius 1 is 1.42 bits per heavy atom. The maximum atomic E-state index is 12.0. The molecule has 0 aliphatic carbocycles. The fourth-order valence-electron chi connectivity index (χ4n) is 1.44. The molecule has 0 aromatic rings. The van der Waals surface area contributed by atoms with Crippen molar-refractivity contribution in [3.8, 4) is 0 Å². The summed E-state index contributed by atoms with van der Waals surface area (Å²) < 4.78 is 16.3. The number of ether oxygens (including phenoxy) is 1. The van der Waals surface area contributed by atoms with Crippen molar-refractivity contribution >= 4 is 51.9 Å². The first-order valence-corrected chi connectivity index (χ1v) is 8.01. The second kappa shape index (κ2) is 6.20. The van der Waals surface area contributed by atoms with E-state index < -0.39 is 20.9 Å². The quantitative estimate of drug-likeness (QED) is 0.538. The maximum absolute atomic E-state index is 12.0. The second-order valence-corrected chi connectivity index (χ2v) is 9.06. The Morgan fingerprint density at radius 2 is 2.00 bits per heavy atom. The Morgan fingerprint density at radius 3 is 2.42 bits per heavy atom. The molecule has 1 aliphatic heterocycles. The molecule has 0 aromatic heterocycles. The number of carbonyl (C=O) groups excluding carboxylic acids is 1. The number of halogens is 3. The minimum absolute atomic E-state index is 0.0662. The first-order chi connectivity index (χ1) is 8.50. The van der Waals surface area contributed by atoms with Crippen LogP contribution in [0.5, 0.6) is 0 Å². The van der Waals surface area contributed by atoms with Gasteiger partial charge in [0.15, 0.2) is 0 Å². The van der Waals surface area contributed by atoms with Crippen molar-refractivity contribution < 1.29 is 13.7 Å². The smallest absolute Gasteiger partial charge is 0.422 e. The van der Waals surface area contributed by atoms with Crippen LogP contribution in [0.15, 0.2) is 11.6 Å². The van der Waals surface area contributed by atoms with E-state index in [4.69, 9.17) is 39.5 Å². The molecule has 4 nitrogen and oxygen atoms in total. The van der Waals surface area contributed by atoms with Gasteiger partial charge in [0.05, 0.1) is 12.3 Å². The molecule has 1 atom stereocenters. The van der Waals surface area contributed by atoms with Gasteiger partial charge >= 0.3 is 6.09 Å². The average Bonchev–Trinajstić information content (AvgIpc) is 2.23. The van der Waals surface area contributed by atoms with Crippen molar-refractivity contribution in [2.75, 3.05) is 18.9 Å². The summed E-state index contributed by atoms with van der Waals surface area (Å²) in [5.74, 6) is 0.312. The van der Waals surface area contributed by atoms with E-state index >= 15 is 0 Å². The van der Waals surface area contributed by atoms with Crippen molar-refractivity contribution in [2.45, 2.75) is 24.6 Å². The van der Waals surface area contributed by atoms with E-state index in [9.17, 15) is 9.00 Å². The van der Waals surface area contributed by atoms with E-state index in [0.717, 1.165) is 9.88 Å². The third-order valence-corrected chi connectivity index (χ3v) is 4.23. The van der Waals surface area contributed by atoms with Crippen LogP contribution in [0.25, 0.3) is 0 Å². The highest BCUT2D eigenvalue weighted by molar-refractivity contribution is 7.83. The molecule has 0 saturated carbocycles. The summed E-state index contributed by atoms with van der Waals surface area (Å²) in [7, 11) is -1.45. The number of amides is 1. The van der Waals surface area contributed by atoms with Gasteiger partial charge in [0.2, 0.25) is 3.79 Å². The van der Waals surface area contributed by atoms with Crippen molar-refractivity contribution in [3.05, 3.63) is 11.6 Å². The molecule has 110 valence electrons. The summed E-state index contributed by atoms with van der Waals surface area (Å²) >= 11 is 16.4. The van der Waals surface area contributed by atoms with Crippen LogP contribution in [-0.4, -0.2) is 37.3 Å². The van der Waals surface area contributed by atoms with Gasteiger partial charge in [-0.2, -0.15) is 0 Å². The summed E-state index contributed by atoms with van der Waals surface area (Å²) in [5, 5.41) is 0. The van der Waals surface area contributed by atoms with Crippen molar-refractivity contribution in [1.82, 2.24) is 4.31 Å². The number of hydrogen-bond donors (Lipinski definition) is 0. The summed E-state index contributed by atoms with van der Waals surface area (Å²) in [6.45, 7) is 5.96. The summed E-state index contributed by atoms with van der Waals surface area (Å²) in [6, 6.07) is 0. The zero-order chi connectivity index (χ0) is 14.8. The number of carbonyl (C=O) groups is 1. The van der Waals surface area contributed by atoms with E-state index in [-0.39, 0.29) is 18.6 Å². The van der Waals surface area contributed by atoms with Crippen molar-refractivity contribution in [2.24, 2.45) is 5.41 Å². The SMILES string of the molecule is CC(C)(C)C1=CCN(C(=O)OCC(Cl)(Cl)Cl)S(=O)C1. The lowest BCUT2D eigenvalue weighted by molar-refractivity contribution is 0.130. The highest BCUT2D eigenvalue weighted by atomic mass is 35.6. The first kappa shape index (κ1) is 17.1. The van der Waals surface area contributed by atoms with E-state index in [0.29, 0.717) is 5.75 Å². The molecule has 8 heteroatoms. The van der Waals surface area contributed by atoms with Crippen LogP contribution < -0.4 is 0 Å². The Balaban J connectivity index is 2.65. The largest absolute Gasteiger partial charge is 0.444 e. The van der Waals surface area contributed by atoms with Crippen LogP contribution in [-0.2, 0) is 15.7 Å². The molecule has 0 spiro atoms. The average molecular weight is 349 g/mol. The minimum atomic E-state index is -1.67. The molecule has 1 aliphatic rings. The molecule has 1 unspecified atom stereocenters. The van der Waals surface area contributed by atoms with Gasteiger partial charge in [0.1, 0.15) is 17.6 Å². The van der Waals surface area contributed by atoms with Crippen molar-refractivity contribution in [1.29, 1.82) is 0 Å². The maximum Gasteiger partial charge on any atom is 0.422 e. The number of nitrogens with zero attached hydrogens (tertiary/aromatic N) is 1. The minimum Gasteiger partial charge on any atom is -0.444 e. The van der Waals surface area contributed by atoms with Crippen LogP contribution in [0.3, 0.4) is 0 Å². The summed E-state index contributed by atoms with van der Waals surface area (Å²) in [5.41, 5.74) is 0.986. The van der Waals surface area contributed by atoms with Gasteiger partial charge in [0, 0.05) is 0 Å². The molecule has 1 rings (SSSR count). The van der Waals surface area contributed by atoms with E-state index in [1.165, 1.54) is 0 Å². The molecule has 0 fully saturated rings. The molecule has 0 N–H and O–H groups in total. The lowest BCUT2D eigenvalue weighted by atomic mass is 9.87. The van der Waals surface area contributed by atoms with E-state index in [1.807, 2.05) is 26.8 Å². The highest BCUT2D eigenvalue weighted by Gasteiger charge is 2.31. The van der Waals surface area contributed by atoms with Crippen LogP contribution in [0.4, 0.5) is 4.79 Å².